The molecule has 1 aliphatic heterocycles. The Morgan fingerprint density at radius 3 is 2.59 bits per heavy atom. The highest BCUT2D eigenvalue weighted by Crippen LogP contribution is 2.20. The monoisotopic (exact) mass is 324 g/mol. The maximum atomic E-state index is 6.28. The van der Waals surface area contributed by atoms with E-state index in [0.29, 0.717) is 19.1 Å². The fourth-order valence-corrected chi connectivity index (χ4v) is 3.66. The lowest BCUT2D eigenvalue weighted by Gasteiger charge is -2.30. The molecule has 4 heteroatoms. The van der Waals surface area contributed by atoms with E-state index in [1.54, 1.807) is 7.11 Å². The van der Waals surface area contributed by atoms with Gasteiger partial charge in [-0.15, -0.1) is 0 Å². The lowest BCUT2D eigenvalue weighted by molar-refractivity contribution is 0.0124. The van der Waals surface area contributed by atoms with E-state index < -0.39 is 9.04 Å². The third-order valence-corrected chi connectivity index (χ3v) is 4.49. The molecular formula is C18H32O3Si. The van der Waals surface area contributed by atoms with E-state index in [4.69, 9.17) is 13.9 Å². The zero-order chi connectivity index (χ0) is 16.4. The molecule has 0 radical (unpaired) electrons. The molecule has 0 amide bonds. The van der Waals surface area contributed by atoms with Gasteiger partial charge in [-0.1, -0.05) is 42.9 Å². The van der Waals surface area contributed by atoms with Crippen molar-refractivity contribution in [3.63, 3.8) is 0 Å². The number of methoxy groups -OCH3 is 1. The third kappa shape index (κ3) is 7.54. The fourth-order valence-electron chi connectivity index (χ4n) is 2.63. The molecule has 3 nitrogen and oxygen atoms in total. The molecule has 0 unspecified atom stereocenters. The first-order valence-corrected chi connectivity index (χ1v) is 11.1. The third-order valence-electron chi connectivity index (χ3n) is 3.63. The Hall–Kier alpha value is -0.683. The van der Waals surface area contributed by atoms with Gasteiger partial charge in [-0.05, 0) is 32.9 Å². The predicted octanol–water partition coefficient (Wildman–Crippen LogP) is 3.88. The minimum atomic E-state index is -1.14. The van der Waals surface area contributed by atoms with E-state index in [1.165, 1.54) is 5.57 Å². The van der Waals surface area contributed by atoms with Crippen LogP contribution in [0.4, 0.5) is 0 Å². The van der Waals surface area contributed by atoms with Crippen molar-refractivity contribution in [3.05, 3.63) is 36.0 Å². The molecule has 0 saturated carbocycles. The molecule has 1 heterocycles. The van der Waals surface area contributed by atoms with Gasteiger partial charge in [-0.2, -0.15) is 0 Å². The molecule has 0 aliphatic carbocycles. The fraction of sp³-hybridized carbons (Fsp3) is 0.667. The van der Waals surface area contributed by atoms with Gasteiger partial charge in [-0.3, -0.25) is 0 Å². The van der Waals surface area contributed by atoms with Crippen molar-refractivity contribution < 1.29 is 13.9 Å². The molecule has 1 aliphatic rings. The average Bonchev–Trinajstić information content (AvgIpc) is 2.46. The highest BCUT2D eigenvalue weighted by atomic mass is 28.3. The van der Waals surface area contributed by atoms with Gasteiger partial charge in [0.1, 0.15) is 6.10 Å². The predicted molar refractivity (Wildman–Crippen MR) is 95.8 cm³/mol. The minimum Gasteiger partial charge on any atom is -0.414 e. The number of rotatable bonds is 3. The van der Waals surface area contributed by atoms with E-state index in [-0.39, 0.29) is 12.2 Å². The molecule has 0 bridgehead atoms. The first kappa shape index (κ1) is 19.4. The minimum absolute atomic E-state index is 0.00166. The molecular weight excluding hydrogens is 292 g/mol. The highest BCUT2D eigenvalue weighted by molar-refractivity contribution is 6.48. The van der Waals surface area contributed by atoms with Crippen LogP contribution in [0.3, 0.4) is 0 Å². The summed E-state index contributed by atoms with van der Waals surface area (Å²) in [6, 6.07) is 0. The average molecular weight is 325 g/mol. The molecule has 3 atom stereocenters. The maximum Gasteiger partial charge on any atom is 0.171 e. The van der Waals surface area contributed by atoms with Crippen LogP contribution in [-0.2, 0) is 13.9 Å². The van der Waals surface area contributed by atoms with E-state index >= 15 is 0 Å². The number of allylic oxidation sites excluding steroid dienone is 2. The second-order valence-corrected chi connectivity index (χ2v) is 8.58. The van der Waals surface area contributed by atoms with E-state index in [1.807, 2.05) is 0 Å². The summed E-state index contributed by atoms with van der Waals surface area (Å²) >= 11 is 0. The molecule has 126 valence electrons. The van der Waals surface area contributed by atoms with Crippen molar-refractivity contribution >= 4 is 9.04 Å². The molecule has 0 aromatic carbocycles. The lowest BCUT2D eigenvalue weighted by atomic mass is 9.96. The first-order chi connectivity index (χ1) is 10.5. The normalized spacial score (nSPS) is 28.5. The summed E-state index contributed by atoms with van der Waals surface area (Å²) in [4.78, 5) is 0. The van der Waals surface area contributed by atoms with Crippen LogP contribution in [0, 0.1) is 5.92 Å². The van der Waals surface area contributed by atoms with Crippen molar-refractivity contribution in [2.45, 2.75) is 52.0 Å². The topological polar surface area (TPSA) is 27.7 Å². The molecule has 0 saturated heterocycles. The summed E-state index contributed by atoms with van der Waals surface area (Å²) in [5, 5.41) is 0. The smallest absolute Gasteiger partial charge is 0.171 e. The van der Waals surface area contributed by atoms with Crippen molar-refractivity contribution in [1.29, 1.82) is 0 Å². The summed E-state index contributed by atoms with van der Waals surface area (Å²) in [5.41, 5.74) is 1.25. The van der Waals surface area contributed by atoms with Crippen LogP contribution in [0.25, 0.3) is 0 Å². The van der Waals surface area contributed by atoms with Gasteiger partial charge in [0.2, 0.25) is 0 Å². The summed E-state index contributed by atoms with van der Waals surface area (Å²) in [6.07, 6.45) is 13.0. The molecule has 1 rings (SSSR count). The molecule has 0 aromatic rings. The summed E-state index contributed by atoms with van der Waals surface area (Å²) in [7, 11) is 0.629. The molecule has 0 N–H and O–H groups in total. The molecule has 22 heavy (non-hydrogen) atoms. The van der Waals surface area contributed by atoms with Crippen molar-refractivity contribution in [2.24, 2.45) is 5.92 Å². The van der Waals surface area contributed by atoms with Crippen LogP contribution in [0.2, 0.25) is 13.1 Å². The van der Waals surface area contributed by atoms with Crippen LogP contribution < -0.4 is 0 Å². The van der Waals surface area contributed by atoms with Gasteiger partial charge < -0.3 is 13.9 Å². The maximum absolute atomic E-state index is 6.28. The zero-order valence-corrected chi connectivity index (χ0v) is 15.9. The zero-order valence-electron chi connectivity index (χ0n) is 14.7. The molecule has 0 spiro atoms. The second kappa shape index (κ2) is 10.9. The Balaban J connectivity index is 2.94. The van der Waals surface area contributed by atoms with E-state index in [0.717, 1.165) is 12.8 Å². The van der Waals surface area contributed by atoms with Crippen LogP contribution in [-0.4, -0.2) is 41.6 Å². The largest absolute Gasteiger partial charge is 0.414 e. The van der Waals surface area contributed by atoms with Gasteiger partial charge in [0, 0.05) is 13.0 Å². The van der Waals surface area contributed by atoms with Gasteiger partial charge in [0.15, 0.2) is 9.04 Å². The van der Waals surface area contributed by atoms with Crippen LogP contribution in [0.15, 0.2) is 36.0 Å². The first-order valence-electron chi connectivity index (χ1n) is 8.29. The van der Waals surface area contributed by atoms with Crippen LogP contribution in [0.5, 0.6) is 0 Å². The number of hydrogen-bond acceptors (Lipinski definition) is 3. The van der Waals surface area contributed by atoms with Crippen LogP contribution >= 0.6 is 0 Å². The van der Waals surface area contributed by atoms with Gasteiger partial charge >= 0.3 is 0 Å². The standard InChI is InChI=1S/C18H32O3Si/c1-15-13-16(2)18(21-22(4)5)17(19-3)11-9-7-6-8-10-12-20-14-15/h8-11,13,16-18,22H,6-7,12,14H2,1-5H3/t16-,17+,18+/m1/s1. The Morgan fingerprint density at radius 1 is 1.18 bits per heavy atom. The number of hydrogen-bond donors (Lipinski definition) is 0. The SMILES string of the molecule is CO[C@H]1C=CCCC=CCOCC(C)=C[C@@H](C)[C@@H]1O[SiH](C)C. The Morgan fingerprint density at radius 2 is 1.91 bits per heavy atom. The molecule has 0 aromatic heterocycles. The quantitative estimate of drug-likeness (QED) is 0.582. The van der Waals surface area contributed by atoms with Gasteiger partial charge in [0.05, 0.1) is 19.3 Å². The van der Waals surface area contributed by atoms with Crippen molar-refractivity contribution in [2.75, 3.05) is 20.3 Å². The van der Waals surface area contributed by atoms with Gasteiger partial charge in [0.25, 0.3) is 0 Å². The summed E-state index contributed by atoms with van der Waals surface area (Å²) in [6.45, 7) is 10.1. The Kier molecular flexibility index (Phi) is 9.63. The summed E-state index contributed by atoms with van der Waals surface area (Å²) < 4.78 is 17.7. The molecule has 0 fully saturated rings. The van der Waals surface area contributed by atoms with Crippen molar-refractivity contribution in [3.8, 4) is 0 Å². The number of ether oxygens (including phenoxy) is 2. The highest BCUT2D eigenvalue weighted by Gasteiger charge is 2.25. The second-order valence-electron chi connectivity index (χ2n) is 6.21. The Labute approximate surface area is 137 Å². The lowest BCUT2D eigenvalue weighted by Crippen LogP contribution is -2.37. The van der Waals surface area contributed by atoms with Crippen LogP contribution in [0.1, 0.15) is 26.7 Å². The van der Waals surface area contributed by atoms with E-state index in [2.05, 4.69) is 57.3 Å². The Bertz CT molecular complexity index is 388. The van der Waals surface area contributed by atoms with Gasteiger partial charge in [-0.25, -0.2) is 0 Å². The summed E-state index contributed by atoms with van der Waals surface area (Å²) in [5.74, 6) is 0.298. The van der Waals surface area contributed by atoms with E-state index in [9.17, 15) is 0 Å². The van der Waals surface area contributed by atoms with Crippen molar-refractivity contribution in [1.82, 2.24) is 0 Å².